The van der Waals surface area contributed by atoms with E-state index in [0.29, 0.717) is 11.3 Å². The first-order valence-corrected chi connectivity index (χ1v) is 11.4. The van der Waals surface area contributed by atoms with Crippen LogP contribution in [0.25, 0.3) is 0 Å². The highest BCUT2D eigenvalue weighted by Gasteiger charge is 2.40. The summed E-state index contributed by atoms with van der Waals surface area (Å²) in [6, 6.07) is 9.14. The number of alkyl halides is 1. The Labute approximate surface area is 200 Å². The van der Waals surface area contributed by atoms with Crippen molar-refractivity contribution in [2.24, 2.45) is 0 Å². The lowest BCUT2D eigenvalue weighted by molar-refractivity contribution is -0.138. The molecular weight excluding hydrogens is 459 g/mol. The van der Waals surface area contributed by atoms with Gasteiger partial charge in [0.15, 0.2) is 0 Å². The molecule has 0 saturated carbocycles. The van der Waals surface area contributed by atoms with Crippen LogP contribution in [0, 0.1) is 11.6 Å². The Kier molecular flexibility index (Phi) is 7.18. The van der Waals surface area contributed by atoms with E-state index in [-0.39, 0.29) is 36.4 Å². The molecule has 10 heteroatoms. The van der Waals surface area contributed by atoms with Crippen molar-refractivity contribution in [2.75, 3.05) is 6.54 Å². The van der Waals surface area contributed by atoms with Crippen LogP contribution in [0.4, 0.5) is 13.2 Å². The number of likely N-dealkylation sites (tertiary alicyclic amines) is 1. The van der Waals surface area contributed by atoms with Gasteiger partial charge in [0.1, 0.15) is 23.8 Å². The van der Waals surface area contributed by atoms with E-state index in [1.807, 2.05) is 0 Å². The van der Waals surface area contributed by atoms with Crippen LogP contribution < -0.4 is 5.32 Å². The average molecular weight is 486 g/mol. The first-order valence-electron chi connectivity index (χ1n) is 11.4. The number of amides is 2. The first-order chi connectivity index (χ1) is 16.7. The molecule has 0 aliphatic carbocycles. The maximum absolute atomic E-state index is 14.8. The molecule has 0 unspecified atom stereocenters. The molecule has 35 heavy (non-hydrogen) atoms. The molecule has 3 atom stereocenters. The Hall–Kier alpha value is -3.69. The third-order valence-corrected chi connectivity index (χ3v) is 6.10. The summed E-state index contributed by atoms with van der Waals surface area (Å²) in [4.78, 5) is 27.3. The number of benzene rings is 2. The molecule has 1 saturated heterocycles. The SMILES string of the molecule is CC(C)c1c(F)cc([C@@H](NC(=O)[C@@H]2C[C@@H](F)CN2C(=O)Cc2cn[nH]n2)c2ccccc2)cc1F. The molecule has 1 aliphatic heterocycles. The van der Waals surface area contributed by atoms with Crippen molar-refractivity contribution in [1.82, 2.24) is 25.6 Å². The predicted octanol–water partition coefficient (Wildman–Crippen LogP) is 3.59. The molecule has 2 aromatic carbocycles. The molecule has 3 aromatic rings. The number of hydrogen-bond donors (Lipinski definition) is 2. The van der Waals surface area contributed by atoms with Gasteiger partial charge in [-0.15, -0.1) is 0 Å². The van der Waals surface area contributed by atoms with E-state index in [1.165, 1.54) is 23.2 Å². The van der Waals surface area contributed by atoms with E-state index in [1.54, 1.807) is 44.2 Å². The maximum Gasteiger partial charge on any atom is 0.243 e. The number of aromatic nitrogens is 3. The smallest absolute Gasteiger partial charge is 0.243 e. The molecular formula is C25H26F3N5O2. The Morgan fingerprint density at radius 2 is 1.83 bits per heavy atom. The number of aromatic amines is 1. The molecule has 7 nitrogen and oxygen atoms in total. The van der Waals surface area contributed by atoms with Crippen molar-refractivity contribution in [1.29, 1.82) is 0 Å². The summed E-state index contributed by atoms with van der Waals surface area (Å²) in [5.41, 5.74) is 1.13. The van der Waals surface area contributed by atoms with Gasteiger partial charge in [0, 0.05) is 12.0 Å². The Bertz CT molecular complexity index is 1160. The van der Waals surface area contributed by atoms with Crippen LogP contribution in [-0.4, -0.2) is 50.9 Å². The van der Waals surface area contributed by atoms with Gasteiger partial charge in [-0.2, -0.15) is 15.4 Å². The maximum atomic E-state index is 14.8. The zero-order valence-electron chi connectivity index (χ0n) is 19.3. The van der Waals surface area contributed by atoms with Crippen molar-refractivity contribution >= 4 is 11.8 Å². The van der Waals surface area contributed by atoms with Gasteiger partial charge in [0.2, 0.25) is 11.8 Å². The normalized spacial score (nSPS) is 18.6. The fourth-order valence-corrected chi connectivity index (χ4v) is 4.44. The van der Waals surface area contributed by atoms with Gasteiger partial charge in [0.05, 0.1) is 30.9 Å². The molecule has 184 valence electrons. The van der Waals surface area contributed by atoms with Gasteiger partial charge in [0.25, 0.3) is 0 Å². The van der Waals surface area contributed by atoms with E-state index in [9.17, 15) is 22.8 Å². The molecule has 2 heterocycles. The predicted molar refractivity (Wildman–Crippen MR) is 122 cm³/mol. The number of carbonyl (C=O) groups excluding carboxylic acids is 2. The number of nitrogens with zero attached hydrogens (tertiary/aromatic N) is 3. The minimum Gasteiger partial charge on any atom is -0.343 e. The number of nitrogens with one attached hydrogen (secondary N) is 2. The van der Waals surface area contributed by atoms with Crippen LogP contribution in [0.3, 0.4) is 0 Å². The molecule has 1 aromatic heterocycles. The summed E-state index contributed by atoms with van der Waals surface area (Å²) < 4.78 is 43.9. The number of H-pyrrole nitrogens is 1. The van der Waals surface area contributed by atoms with E-state index < -0.39 is 41.7 Å². The summed E-state index contributed by atoms with van der Waals surface area (Å²) in [6.45, 7) is 3.16. The molecule has 0 spiro atoms. The van der Waals surface area contributed by atoms with Gasteiger partial charge in [-0.25, -0.2) is 13.2 Å². The lowest BCUT2D eigenvalue weighted by Gasteiger charge is -2.27. The molecule has 1 fully saturated rings. The van der Waals surface area contributed by atoms with Gasteiger partial charge < -0.3 is 10.2 Å². The number of hydrogen-bond acceptors (Lipinski definition) is 4. The summed E-state index contributed by atoms with van der Waals surface area (Å²) in [6.07, 6.45) is -0.303. The minimum atomic E-state index is -1.37. The second kappa shape index (κ2) is 10.3. The van der Waals surface area contributed by atoms with Gasteiger partial charge >= 0.3 is 0 Å². The summed E-state index contributed by atoms with van der Waals surface area (Å²) in [5, 5.41) is 12.7. The Balaban J connectivity index is 1.62. The lowest BCUT2D eigenvalue weighted by Crippen LogP contribution is -2.47. The van der Waals surface area contributed by atoms with Crippen LogP contribution in [0.15, 0.2) is 48.7 Å². The number of halogens is 3. The van der Waals surface area contributed by atoms with Crippen LogP contribution in [0.1, 0.15) is 54.6 Å². The third-order valence-electron chi connectivity index (χ3n) is 6.10. The van der Waals surface area contributed by atoms with Crippen molar-refractivity contribution < 1.29 is 22.8 Å². The quantitative estimate of drug-likeness (QED) is 0.535. The number of carbonyl (C=O) groups is 2. The first kappa shape index (κ1) is 24.4. The Morgan fingerprint density at radius 1 is 1.14 bits per heavy atom. The molecule has 0 radical (unpaired) electrons. The van der Waals surface area contributed by atoms with E-state index in [4.69, 9.17) is 0 Å². The standard InChI is InChI=1S/C25H26F3N5O2/c1-14(2)23-19(27)8-16(9-20(23)28)24(15-6-4-3-5-7-15)30-25(35)21-10-17(26)13-33(21)22(34)11-18-12-29-32-31-18/h3-9,12,14,17,21,24H,10-11,13H2,1-2H3,(H,30,35)(H,29,31,32)/t17-,21+,24+/m1/s1. The second-order valence-corrected chi connectivity index (χ2v) is 8.94. The van der Waals surface area contributed by atoms with E-state index in [0.717, 1.165) is 0 Å². The van der Waals surface area contributed by atoms with Crippen molar-refractivity contribution in [3.63, 3.8) is 0 Å². The second-order valence-electron chi connectivity index (χ2n) is 8.94. The van der Waals surface area contributed by atoms with Crippen molar-refractivity contribution in [3.05, 3.63) is 82.7 Å². The third kappa shape index (κ3) is 5.36. The molecule has 1 aliphatic rings. The zero-order valence-corrected chi connectivity index (χ0v) is 19.3. The van der Waals surface area contributed by atoms with Crippen LogP contribution >= 0.6 is 0 Å². The zero-order chi connectivity index (χ0) is 25.1. The van der Waals surface area contributed by atoms with Crippen molar-refractivity contribution in [2.45, 2.75) is 50.9 Å². The Morgan fingerprint density at radius 3 is 2.43 bits per heavy atom. The minimum absolute atomic E-state index is 0.0346. The summed E-state index contributed by atoms with van der Waals surface area (Å²) >= 11 is 0. The molecule has 2 N–H and O–H groups in total. The monoisotopic (exact) mass is 485 g/mol. The molecule has 2 amide bonds. The number of rotatable bonds is 7. The lowest BCUT2D eigenvalue weighted by atomic mass is 9.93. The summed E-state index contributed by atoms with van der Waals surface area (Å²) in [5.74, 6) is -2.85. The fraction of sp³-hybridized carbons (Fsp3) is 0.360. The summed E-state index contributed by atoms with van der Waals surface area (Å²) in [7, 11) is 0. The van der Waals surface area contributed by atoms with Gasteiger partial charge in [-0.05, 0) is 29.2 Å². The van der Waals surface area contributed by atoms with Crippen LogP contribution in [0.2, 0.25) is 0 Å². The largest absolute Gasteiger partial charge is 0.343 e. The van der Waals surface area contributed by atoms with Crippen LogP contribution in [-0.2, 0) is 16.0 Å². The highest BCUT2D eigenvalue weighted by molar-refractivity contribution is 5.89. The van der Waals surface area contributed by atoms with E-state index >= 15 is 0 Å². The van der Waals surface area contributed by atoms with Gasteiger partial charge in [-0.1, -0.05) is 44.2 Å². The van der Waals surface area contributed by atoms with Gasteiger partial charge in [-0.3, -0.25) is 9.59 Å². The van der Waals surface area contributed by atoms with E-state index in [2.05, 4.69) is 20.7 Å². The van der Waals surface area contributed by atoms with Crippen LogP contribution in [0.5, 0.6) is 0 Å². The molecule has 4 rings (SSSR count). The topological polar surface area (TPSA) is 91.0 Å². The highest BCUT2D eigenvalue weighted by atomic mass is 19.1. The van der Waals surface area contributed by atoms with Crippen molar-refractivity contribution in [3.8, 4) is 0 Å². The fourth-order valence-electron chi connectivity index (χ4n) is 4.44. The average Bonchev–Trinajstić information content (AvgIpc) is 3.46. The molecule has 0 bridgehead atoms. The highest BCUT2D eigenvalue weighted by Crippen LogP contribution is 2.30.